The third-order valence-corrected chi connectivity index (χ3v) is 4.80. The Balaban J connectivity index is 1.62. The highest BCUT2D eigenvalue weighted by Gasteiger charge is 2.24. The van der Waals surface area contributed by atoms with Gasteiger partial charge in [0.25, 0.3) is 5.56 Å². The number of para-hydroxylation sites is 1. The zero-order chi connectivity index (χ0) is 19.7. The molecule has 28 heavy (non-hydrogen) atoms. The molecule has 0 saturated heterocycles. The van der Waals surface area contributed by atoms with Gasteiger partial charge < -0.3 is 10.1 Å². The minimum Gasteiger partial charge on any atom is -0.502 e. The van der Waals surface area contributed by atoms with Gasteiger partial charge in [0.15, 0.2) is 5.75 Å². The van der Waals surface area contributed by atoms with Crippen molar-refractivity contribution in [2.45, 2.75) is 19.5 Å². The minimum absolute atomic E-state index is 0.158. The molecule has 1 aliphatic rings. The summed E-state index contributed by atoms with van der Waals surface area (Å²) in [7, 11) is 0. The molecule has 0 atom stereocenters. The first kappa shape index (κ1) is 17.8. The maximum absolute atomic E-state index is 12.5. The fourth-order valence-electron chi connectivity index (χ4n) is 3.37. The Morgan fingerprint density at radius 2 is 2.04 bits per heavy atom. The Kier molecular flexibility index (Phi) is 4.58. The van der Waals surface area contributed by atoms with Crippen molar-refractivity contribution in [2.75, 3.05) is 6.54 Å². The summed E-state index contributed by atoms with van der Waals surface area (Å²) in [6.07, 6.45) is 3.78. The van der Waals surface area contributed by atoms with Gasteiger partial charge in [-0.05, 0) is 18.6 Å². The van der Waals surface area contributed by atoms with E-state index in [4.69, 9.17) is 0 Å². The molecule has 0 fully saturated rings. The summed E-state index contributed by atoms with van der Waals surface area (Å²) in [4.78, 5) is 36.3. The molecule has 0 radical (unpaired) electrons. The molecule has 0 bridgehead atoms. The zero-order valence-electron chi connectivity index (χ0n) is 14.8. The molecule has 0 aliphatic carbocycles. The first-order valence-corrected chi connectivity index (χ1v) is 8.73. The largest absolute Gasteiger partial charge is 0.502 e. The van der Waals surface area contributed by atoms with Crippen LogP contribution in [-0.4, -0.2) is 36.4 Å². The summed E-state index contributed by atoms with van der Waals surface area (Å²) in [6, 6.07) is 8.02. The van der Waals surface area contributed by atoms with Crippen molar-refractivity contribution >= 4 is 5.69 Å². The molecule has 2 N–H and O–H groups in total. The van der Waals surface area contributed by atoms with Crippen molar-refractivity contribution in [1.29, 1.82) is 0 Å². The van der Waals surface area contributed by atoms with Crippen molar-refractivity contribution in [2.24, 2.45) is 0 Å². The number of aromatic nitrogens is 3. The summed E-state index contributed by atoms with van der Waals surface area (Å²) in [5.41, 5.74) is 2.09. The number of pyridine rings is 1. The molecule has 0 amide bonds. The molecule has 1 aliphatic heterocycles. The average molecular weight is 379 g/mol. The fourth-order valence-corrected chi connectivity index (χ4v) is 3.37. The number of phenols is 1. The van der Waals surface area contributed by atoms with Crippen LogP contribution in [0.25, 0.3) is 11.4 Å². The predicted molar refractivity (Wildman–Crippen MR) is 101 cm³/mol. The molecule has 2 aromatic heterocycles. The number of aromatic hydroxyl groups is 1. The summed E-state index contributed by atoms with van der Waals surface area (Å²) in [5, 5.41) is 21.2. The second-order valence-electron chi connectivity index (χ2n) is 6.58. The fraction of sp³-hybridized carbons (Fsp3) is 0.211. The number of phenolic OH excluding ortho intramolecular Hbond substituents is 1. The van der Waals surface area contributed by atoms with Gasteiger partial charge in [-0.15, -0.1) is 0 Å². The predicted octanol–water partition coefficient (Wildman–Crippen LogP) is 2.00. The molecular weight excluding hydrogens is 362 g/mol. The summed E-state index contributed by atoms with van der Waals surface area (Å²) >= 11 is 0. The van der Waals surface area contributed by atoms with E-state index in [-0.39, 0.29) is 17.0 Å². The Morgan fingerprint density at radius 1 is 1.25 bits per heavy atom. The molecule has 4 rings (SSSR count). The summed E-state index contributed by atoms with van der Waals surface area (Å²) in [6.45, 7) is 1.33. The van der Waals surface area contributed by atoms with Crippen LogP contribution in [-0.2, 0) is 19.5 Å². The number of nitrogens with one attached hydrogen (secondary N) is 1. The van der Waals surface area contributed by atoms with Gasteiger partial charge in [0.2, 0.25) is 0 Å². The van der Waals surface area contributed by atoms with E-state index in [1.54, 1.807) is 36.7 Å². The molecule has 1 aromatic carbocycles. The van der Waals surface area contributed by atoms with Crippen LogP contribution in [0.1, 0.15) is 16.8 Å². The van der Waals surface area contributed by atoms with E-state index in [0.29, 0.717) is 48.7 Å². The first-order chi connectivity index (χ1) is 13.5. The number of fused-ring (bicyclic) bond motifs is 1. The SMILES string of the molecule is O=c1[nH]c(-c2ccncc2)nc2c1CCN(Cc1cccc([N+](=O)[O-])c1O)C2. The van der Waals surface area contributed by atoms with Crippen LogP contribution in [0.15, 0.2) is 47.5 Å². The van der Waals surface area contributed by atoms with Crippen LogP contribution in [0.5, 0.6) is 5.75 Å². The summed E-state index contributed by atoms with van der Waals surface area (Å²) < 4.78 is 0. The lowest BCUT2D eigenvalue weighted by molar-refractivity contribution is -0.385. The molecule has 0 unspecified atom stereocenters. The molecule has 0 saturated carbocycles. The Morgan fingerprint density at radius 3 is 2.79 bits per heavy atom. The van der Waals surface area contributed by atoms with Gasteiger partial charge >= 0.3 is 5.69 Å². The molecule has 9 nitrogen and oxygen atoms in total. The van der Waals surface area contributed by atoms with Gasteiger partial charge in [0.1, 0.15) is 5.82 Å². The molecule has 142 valence electrons. The quantitative estimate of drug-likeness (QED) is 0.524. The van der Waals surface area contributed by atoms with E-state index in [0.717, 1.165) is 5.56 Å². The molecular formula is C19H17N5O4. The van der Waals surface area contributed by atoms with E-state index >= 15 is 0 Å². The second-order valence-corrected chi connectivity index (χ2v) is 6.58. The number of H-pyrrole nitrogens is 1. The van der Waals surface area contributed by atoms with Crippen LogP contribution in [0.4, 0.5) is 5.69 Å². The summed E-state index contributed by atoms with van der Waals surface area (Å²) in [5.74, 6) is 0.154. The van der Waals surface area contributed by atoms with Crippen LogP contribution in [0, 0.1) is 10.1 Å². The lowest BCUT2D eigenvalue weighted by Gasteiger charge is -2.27. The second kappa shape index (κ2) is 7.20. The van der Waals surface area contributed by atoms with Crippen LogP contribution in [0.3, 0.4) is 0 Å². The van der Waals surface area contributed by atoms with Crippen LogP contribution in [0.2, 0.25) is 0 Å². The Hall–Kier alpha value is -3.59. The number of nitrogens with zero attached hydrogens (tertiary/aromatic N) is 4. The van der Waals surface area contributed by atoms with Gasteiger partial charge in [-0.3, -0.25) is 24.8 Å². The standard InChI is InChI=1S/C19H17N5O4/c25-17-13(2-1-3-16(17)24(27)28)10-23-9-6-14-15(11-23)21-18(22-19(14)26)12-4-7-20-8-5-12/h1-5,7-8,25H,6,9-11H2,(H,21,22,26). The van der Waals surface area contributed by atoms with E-state index in [1.807, 2.05) is 4.90 Å². The molecule has 9 heteroatoms. The number of nitro groups is 1. The number of nitro benzene ring substituents is 1. The molecule has 0 spiro atoms. The van der Waals surface area contributed by atoms with Gasteiger partial charge in [0, 0.05) is 54.8 Å². The van der Waals surface area contributed by atoms with Crippen LogP contribution >= 0.6 is 0 Å². The van der Waals surface area contributed by atoms with E-state index in [1.165, 1.54) is 6.07 Å². The van der Waals surface area contributed by atoms with E-state index in [9.17, 15) is 20.0 Å². The van der Waals surface area contributed by atoms with Gasteiger partial charge in [-0.2, -0.15) is 0 Å². The first-order valence-electron chi connectivity index (χ1n) is 8.73. The van der Waals surface area contributed by atoms with Gasteiger partial charge in [-0.25, -0.2) is 4.98 Å². The topological polar surface area (TPSA) is 125 Å². The number of hydrogen-bond acceptors (Lipinski definition) is 7. The highest BCUT2D eigenvalue weighted by Crippen LogP contribution is 2.31. The van der Waals surface area contributed by atoms with Crippen LogP contribution < -0.4 is 5.56 Å². The maximum Gasteiger partial charge on any atom is 0.311 e. The van der Waals surface area contributed by atoms with Crippen molar-refractivity contribution in [3.05, 3.63) is 80.0 Å². The monoisotopic (exact) mass is 379 g/mol. The average Bonchev–Trinajstić information content (AvgIpc) is 2.70. The number of rotatable bonds is 4. The van der Waals surface area contributed by atoms with E-state index in [2.05, 4.69) is 15.0 Å². The van der Waals surface area contributed by atoms with E-state index < -0.39 is 4.92 Å². The normalized spacial score (nSPS) is 13.9. The Labute approximate surface area is 159 Å². The number of benzene rings is 1. The molecule has 3 aromatic rings. The zero-order valence-corrected chi connectivity index (χ0v) is 14.8. The van der Waals surface area contributed by atoms with Crippen molar-refractivity contribution < 1.29 is 10.0 Å². The highest BCUT2D eigenvalue weighted by atomic mass is 16.6. The number of aromatic amines is 1. The third-order valence-electron chi connectivity index (χ3n) is 4.80. The van der Waals surface area contributed by atoms with Crippen molar-refractivity contribution in [3.8, 4) is 17.1 Å². The third kappa shape index (κ3) is 3.35. The Bertz CT molecular complexity index is 1100. The smallest absolute Gasteiger partial charge is 0.311 e. The molecule has 3 heterocycles. The number of hydrogen-bond donors (Lipinski definition) is 2. The van der Waals surface area contributed by atoms with Crippen molar-refractivity contribution in [1.82, 2.24) is 19.9 Å². The maximum atomic E-state index is 12.5. The lowest BCUT2D eigenvalue weighted by atomic mass is 10.0. The minimum atomic E-state index is -0.605. The van der Waals surface area contributed by atoms with Gasteiger partial charge in [-0.1, -0.05) is 12.1 Å². The highest BCUT2D eigenvalue weighted by molar-refractivity contribution is 5.54. The van der Waals surface area contributed by atoms with Crippen molar-refractivity contribution in [3.63, 3.8) is 0 Å². The lowest BCUT2D eigenvalue weighted by Crippen LogP contribution is -2.35. The van der Waals surface area contributed by atoms with Gasteiger partial charge in [0.05, 0.1) is 10.6 Å².